The molecule has 1 fully saturated rings. The van der Waals surface area contributed by atoms with Gasteiger partial charge >= 0.3 is 0 Å². The molecule has 1 aromatic rings. The van der Waals surface area contributed by atoms with Crippen molar-refractivity contribution in [1.82, 2.24) is 0 Å². The highest BCUT2D eigenvalue weighted by atomic mass is 32.2. The van der Waals surface area contributed by atoms with Crippen molar-refractivity contribution in [3.8, 4) is 0 Å². The molecular weight excluding hydrogens is 242 g/mol. The van der Waals surface area contributed by atoms with Gasteiger partial charge in [0.15, 0.2) is 0 Å². The van der Waals surface area contributed by atoms with Gasteiger partial charge in [-0.2, -0.15) is 0 Å². The maximum absolute atomic E-state index is 12.4. The molecule has 0 bridgehead atoms. The molecule has 2 rings (SSSR count). The minimum absolute atomic E-state index is 0.423. The summed E-state index contributed by atoms with van der Waals surface area (Å²) in [6.07, 6.45) is 6.11. The van der Waals surface area contributed by atoms with Gasteiger partial charge in [0.25, 0.3) is 0 Å². The number of aryl methyl sites for hydroxylation is 1. The van der Waals surface area contributed by atoms with E-state index < -0.39 is 10.8 Å². The summed E-state index contributed by atoms with van der Waals surface area (Å²) in [6.45, 7) is 2.67. The molecule has 0 heterocycles. The van der Waals surface area contributed by atoms with Crippen LogP contribution in [0.5, 0.6) is 0 Å². The second kappa shape index (κ2) is 6.48. The Morgan fingerprint density at radius 1 is 1.28 bits per heavy atom. The summed E-state index contributed by atoms with van der Waals surface area (Å²) in [5.74, 6) is 0.710. The number of hydrogen-bond donors (Lipinski definition) is 1. The van der Waals surface area contributed by atoms with E-state index in [1.54, 1.807) is 0 Å². The third kappa shape index (κ3) is 3.42. The summed E-state index contributed by atoms with van der Waals surface area (Å²) < 4.78 is 12.4. The van der Waals surface area contributed by atoms with Gasteiger partial charge in [-0.1, -0.05) is 37.5 Å². The van der Waals surface area contributed by atoms with Crippen LogP contribution in [0, 0.1) is 6.92 Å². The normalized spacial score (nSPS) is 18.8. The minimum Gasteiger partial charge on any atom is -0.326 e. The SMILES string of the molecule is Cc1cc(CN)ccc1CS(=O)C1CCCCC1. The number of nitrogens with two attached hydrogens (primary N) is 1. The summed E-state index contributed by atoms with van der Waals surface area (Å²) in [5, 5.41) is 0.423. The summed E-state index contributed by atoms with van der Waals surface area (Å²) in [4.78, 5) is 0. The van der Waals surface area contributed by atoms with Crippen molar-refractivity contribution in [2.45, 2.75) is 56.6 Å². The zero-order valence-electron chi connectivity index (χ0n) is 11.2. The van der Waals surface area contributed by atoms with Gasteiger partial charge in [-0.3, -0.25) is 4.21 Å². The Labute approximate surface area is 112 Å². The Balaban J connectivity index is 2.02. The molecule has 3 heteroatoms. The summed E-state index contributed by atoms with van der Waals surface area (Å²) in [5.41, 5.74) is 9.22. The van der Waals surface area contributed by atoms with Crippen molar-refractivity contribution < 1.29 is 4.21 Å². The summed E-state index contributed by atoms with van der Waals surface area (Å²) in [6, 6.07) is 6.27. The van der Waals surface area contributed by atoms with Crippen molar-refractivity contribution >= 4 is 10.8 Å². The molecular formula is C15H23NOS. The Hall–Kier alpha value is -0.670. The van der Waals surface area contributed by atoms with Crippen LogP contribution in [-0.2, 0) is 23.1 Å². The first-order valence-electron chi connectivity index (χ1n) is 6.86. The molecule has 0 radical (unpaired) electrons. The van der Waals surface area contributed by atoms with E-state index in [1.807, 2.05) is 0 Å². The van der Waals surface area contributed by atoms with E-state index in [2.05, 4.69) is 25.1 Å². The van der Waals surface area contributed by atoms with Gasteiger partial charge in [-0.05, 0) is 36.5 Å². The highest BCUT2D eigenvalue weighted by Crippen LogP contribution is 2.24. The molecule has 0 saturated heterocycles. The monoisotopic (exact) mass is 265 g/mol. The van der Waals surface area contributed by atoms with Gasteiger partial charge in [0.05, 0.1) is 0 Å². The van der Waals surface area contributed by atoms with Crippen LogP contribution in [0.3, 0.4) is 0 Å². The molecule has 100 valence electrons. The lowest BCUT2D eigenvalue weighted by Gasteiger charge is -2.21. The minimum atomic E-state index is -0.708. The lowest BCUT2D eigenvalue weighted by atomic mass is 10.0. The van der Waals surface area contributed by atoms with E-state index in [-0.39, 0.29) is 0 Å². The third-order valence-electron chi connectivity index (χ3n) is 3.86. The van der Waals surface area contributed by atoms with Crippen molar-refractivity contribution in [2.75, 3.05) is 0 Å². The van der Waals surface area contributed by atoms with Crippen molar-refractivity contribution in [3.05, 3.63) is 34.9 Å². The van der Waals surface area contributed by atoms with Crippen molar-refractivity contribution in [3.63, 3.8) is 0 Å². The van der Waals surface area contributed by atoms with E-state index in [1.165, 1.54) is 30.4 Å². The molecule has 0 aromatic heterocycles. The predicted molar refractivity (Wildman–Crippen MR) is 77.8 cm³/mol. The maximum atomic E-state index is 12.4. The largest absolute Gasteiger partial charge is 0.326 e. The number of benzene rings is 1. The fourth-order valence-electron chi connectivity index (χ4n) is 2.65. The topological polar surface area (TPSA) is 43.1 Å². The van der Waals surface area contributed by atoms with E-state index in [0.717, 1.165) is 18.4 Å². The molecule has 0 amide bonds. The standard InChI is InChI=1S/C15H23NOS/c1-12-9-13(10-16)7-8-14(12)11-18(17)15-5-3-2-4-6-15/h7-9,15H,2-6,10-11,16H2,1H3. The Morgan fingerprint density at radius 3 is 2.61 bits per heavy atom. The summed E-state index contributed by atoms with van der Waals surface area (Å²) >= 11 is 0. The van der Waals surface area contributed by atoms with Gasteiger partial charge in [0.2, 0.25) is 0 Å². The van der Waals surface area contributed by atoms with E-state index in [9.17, 15) is 4.21 Å². The molecule has 2 nitrogen and oxygen atoms in total. The zero-order valence-corrected chi connectivity index (χ0v) is 12.0. The molecule has 1 aliphatic rings. The molecule has 2 N–H and O–H groups in total. The first-order valence-corrected chi connectivity index (χ1v) is 8.24. The van der Waals surface area contributed by atoms with Gasteiger partial charge in [0.1, 0.15) is 0 Å². The maximum Gasteiger partial charge on any atom is 0.0491 e. The van der Waals surface area contributed by atoms with Gasteiger partial charge in [0, 0.05) is 28.3 Å². The fourth-order valence-corrected chi connectivity index (χ4v) is 4.37. The zero-order chi connectivity index (χ0) is 13.0. The molecule has 1 atom stereocenters. The first-order chi connectivity index (χ1) is 8.70. The molecule has 18 heavy (non-hydrogen) atoms. The summed E-state index contributed by atoms with van der Waals surface area (Å²) in [7, 11) is -0.708. The Bertz CT molecular complexity index is 425. The van der Waals surface area contributed by atoms with Crippen LogP contribution >= 0.6 is 0 Å². The first kappa shape index (κ1) is 13.8. The average molecular weight is 265 g/mol. The van der Waals surface area contributed by atoms with Gasteiger partial charge in [-0.15, -0.1) is 0 Å². The van der Waals surface area contributed by atoms with Crippen LogP contribution in [0.2, 0.25) is 0 Å². The molecule has 1 aliphatic carbocycles. The predicted octanol–water partition coefficient (Wildman–Crippen LogP) is 3.04. The van der Waals surface area contributed by atoms with E-state index in [0.29, 0.717) is 17.5 Å². The van der Waals surface area contributed by atoms with Crippen LogP contribution in [0.25, 0.3) is 0 Å². The molecule has 0 spiro atoms. The van der Waals surface area contributed by atoms with Gasteiger partial charge < -0.3 is 5.73 Å². The highest BCUT2D eigenvalue weighted by Gasteiger charge is 2.20. The molecule has 0 aliphatic heterocycles. The molecule has 1 aromatic carbocycles. The van der Waals surface area contributed by atoms with Crippen LogP contribution in [0.15, 0.2) is 18.2 Å². The molecule has 1 saturated carbocycles. The smallest absolute Gasteiger partial charge is 0.0491 e. The highest BCUT2D eigenvalue weighted by molar-refractivity contribution is 7.84. The average Bonchev–Trinajstić information content (AvgIpc) is 2.42. The Kier molecular flexibility index (Phi) is 4.95. The molecule has 1 unspecified atom stereocenters. The van der Waals surface area contributed by atoms with E-state index >= 15 is 0 Å². The van der Waals surface area contributed by atoms with Gasteiger partial charge in [-0.25, -0.2) is 0 Å². The quantitative estimate of drug-likeness (QED) is 0.909. The Morgan fingerprint density at radius 2 is 2.00 bits per heavy atom. The van der Waals surface area contributed by atoms with Crippen molar-refractivity contribution in [2.24, 2.45) is 5.73 Å². The second-order valence-corrected chi connectivity index (χ2v) is 6.97. The number of rotatable bonds is 4. The fraction of sp³-hybridized carbons (Fsp3) is 0.600. The van der Waals surface area contributed by atoms with Crippen LogP contribution in [0.1, 0.15) is 48.8 Å². The van der Waals surface area contributed by atoms with Crippen LogP contribution < -0.4 is 5.73 Å². The third-order valence-corrected chi connectivity index (χ3v) is 5.67. The lowest BCUT2D eigenvalue weighted by Crippen LogP contribution is -2.20. The van der Waals surface area contributed by atoms with Crippen molar-refractivity contribution in [1.29, 1.82) is 0 Å². The van der Waals surface area contributed by atoms with Crippen LogP contribution in [-0.4, -0.2) is 9.46 Å². The second-order valence-electron chi connectivity index (χ2n) is 5.25. The van der Waals surface area contributed by atoms with Crippen LogP contribution in [0.4, 0.5) is 0 Å². The number of hydrogen-bond acceptors (Lipinski definition) is 2. The van der Waals surface area contributed by atoms with E-state index in [4.69, 9.17) is 5.73 Å². The lowest BCUT2D eigenvalue weighted by molar-refractivity contribution is 0.504.